The number of hydrogen-bond acceptors (Lipinski definition) is 2. The van der Waals surface area contributed by atoms with Gasteiger partial charge in [0.25, 0.3) is 5.91 Å². The fraction of sp³-hybridized carbons (Fsp3) is 0.778. The van der Waals surface area contributed by atoms with E-state index in [0.717, 1.165) is 0 Å². The molecule has 3 heteroatoms. The first-order valence-electron chi connectivity index (χ1n) is 4.22. The van der Waals surface area contributed by atoms with Crippen LogP contribution in [0.2, 0.25) is 0 Å². The Balaban J connectivity index is 2.56. The van der Waals surface area contributed by atoms with Gasteiger partial charge in [0.1, 0.15) is 0 Å². The molecular formula is C9H15NO2. The summed E-state index contributed by atoms with van der Waals surface area (Å²) in [6.07, 6.45) is 0.398. The molecule has 68 valence electrons. The number of amides is 1. The molecule has 0 aromatic rings. The first-order valence-corrected chi connectivity index (χ1v) is 4.22. The van der Waals surface area contributed by atoms with Crippen molar-refractivity contribution in [2.24, 2.45) is 5.41 Å². The molecule has 1 heterocycles. The average molecular weight is 169 g/mol. The van der Waals surface area contributed by atoms with Crippen molar-refractivity contribution in [2.45, 2.75) is 27.2 Å². The largest absolute Gasteiger partial charge is 0.335 e. The van der Waals surface area contributed by atoms with Crippen molar-refractivity contribution < 1.29 is 9.59 Å². The molecule has 0 atom stereocenters. The molecule has 1 saturated heterocycles. The molecule has 1 amide bonds. The molecule has 0 spiro atoms. The van der Waals surface area contributed by atoms with Gasteiger partial charge in [-0.3, -0.25) is 9.59 Å². The Hall–Kier alpha value is -0.860. The molecule has 12 heavy (non-hydrogen) atoms. The number of nitrogens with zero attached hydrogens (tertiary/aromatic N) is 1. The van der Waals surface area contributed by atoms with E-state index in [0.29, 0.717) is 19.5 Å². The average Bonchev–Trinajstić information content (AvgIpc) is 2.16. The van der Waals surface area contributed by atoms with Crippen molar-refractivity contribution in [3.8, 4) is 0 Å². The Morgan fingerprint density at radius 3 is 2.25 bits per heavy atom. The van der Waals surface area contributed by atoms with Gasteiger partial charge in [-0.25, -0.2) is 0 Å². The normalized spacial score (nSPS) is 19.1. The number of Topliss-reactive ketones (excluding diaryl/α,β-unsaturated/α-hetero) is 1. The number of ketones is 1. The van der Waals surface area contributed by atoms with Gasteiger partial charge in [0.05, 0.1) is 0 Å². The number of hydrogen-bond donors (Lipinski definition) is 0. The van der Waals surface area contributed by atoms with Crippen LogP contribution in [0.1, 0.15) is 27.2 Å². The maximum absolute atomic E-state index is 11.2. The van der Waals surface area contributed by atoms with Crippen LogP contribution in [-0.4, -0.2) is 29.7 Å². The van der Waals surface area contributed by atoms with E-state index >= 15 is 0 Å². The molecule has 3 nitrogen and oxygen atoms in total. The van der Waals surface area contributed by atoms with E-state index in [1.54, 1.807) is 4.90 Å². The molecule has 1 aliphatic heterocycles. The quantitative estimate of drug-likeness (QED) is 0.545. The fourth-order valence-corrected chi connectivity index (χ4v) is 1.34. The molecule has 0 saturated carbocycles. The predicted octanol–water partition coefficient (Wildman–Crippen LogP) is 0.834. The Labute approximate surface area is 72.7 Å². The molecule has 1 aliphatic rings. The van der Waals surface area contributed by atoms with Crippen molar-refractivity contribution in [1.29, 1.82) is 0 Å². The third-order valence-corrected chi connectivity index (χ3v) is 1.80. The summed E-state index contributed by atoms with van der Waals surface area (Å²) < 4.78 is 0. The molecule has 0 N–H and O–H groups in total. The SMILES string of the molecule is CC(C)(C)CN1CCC(=O)C1=O. The highest BCUT2D eigenvalue weighted by Crippen LogP contribution is 2.18. The van der Waals surface area contributed by atoms with Gasteiger partial charge in [-0.15, -0.1) is 0 Å². The Bertz CT molecular complexity index is 215. The van der Waals surface area contributed by atoms with Gasteiger partial charge < -0.3 is 4.90 Å². The van der Waals surface area contributed by atoms with Crippen molar-refractivity contribution in [3.63, 3.8) is 0 Å². The maximum Gasteiger partial charge on any atom is 0.290 e. The summed E-state index contributed by atoms with van der Waals surface area (Å²) in [7, 11) is 0. The summed E-state index contributed by atoms with van der Waals surface area (Å²) in [5.41, 5.74) is 0.0836. The van der Waals surface area contributed by atoms with Crippen LogP contribution < -0.4 is 0 Å². The van der Waals surface area contributed by atoms with E-state index in [1.807, 2.05) is 0 Å². The predicted molar refractivity (Wildman–Crippen MR) is 45.7 cm³/mol. The minimum Gasteiger partial charge on any atom is -0.335 e. The van der Waals surface area contributed by atoms with E-state index in [-0.39, 0.29) is 17.1 Å². The van der Waals surface area contributed by atoms with Crippen LogP contribution in [0.5, 0.6) is 0 Å². The second kappa shape index (κ2) is 2.88. The van der Waals surface area contributed by atoms with Crippen LogP contribution in [0.3, 0.4) is 0 Å². The van der Waals surface area contributed by atoms with E-state index in [4.69, 9.17) is 0 Å². The zero-order valence-corrected chi connectivity index (χ0v) is 7.89. The van der Waals surface area contributed by atoms with E-state index in [2.05, 4.69) is 20.8 Å². The Morgan fingerprint density at radius 1 is 1.33 bits per heavy atom. The molecule has 0 unspecified atom stereocenters. The van der Waals surface area contributed by atoms with E-state index in [1.165, 1.54) is 0 Å². The number of rotatable bonds is 1. The smallest absolute Gasteiger partial charge is 0.290 e. The minimum absolute atomic E-state index is 0.0836. The summed E-state index contributed by atoms with van der Waals surface area (Å²) in [6.45, 7) is 7.46. The molecule has 0 bridgehead atoms. The number of likely N-dealkylation sites (tertiary alicyclic amines) is 1. The zero-order valence-electron chi connectivity index (χ0n) is 7.89. The van der Waals surface area contributed by atoms with Crippen molar-refractivity contribution in [3.05, 3.63) is 0 Å². The van der Waals surface area contributed by atoms with Crippen molar-refractivity contribution >= 4 is 11.7 Å². The lowest BCUT2D eigenvalue weighted by atomic mass is 9.96. The lowest BCUT2D eigenvalue weighted by molar-refractivity contribution is -0.140. The maximum atomic E-state index is 11.2. The fourth-order valence-electron chi connectivity index (χ4n) is 1.34. The van der Waals surface area contributed by atoms with E-state index < -0.39 is 0 Å². The topological polar surface area (TPSA) is 37.4 Å². The van der Waals surface area contributed by atoms with Crippen LogP contribution >= 0.6 is 0 Å². The summed E-state index contributed by atoms with van der Waals surface area (Å²) in [5, 5.41) is 0. The van der Waals surface area contributed by atoms with Gasteiger partial charge in [-0.2, -0.15) is 0 Å². The monoisotopic (exact) mass is 169 g/mol. The summed E-state index contributed by atoms with van der Waals surface area (Å²) >= 11 is 0. The summed E-state index contributed by atoms with van der Waals surface area (Å²) in [4.78, 5) is 23.7. The highest BCUT2D eigenvalue weighted by Gasteiger charge is 2.31. The lowest BCUT2D eigenvalue weighted by Gasteiger charge is -2.25. The lowest BCUT2D eigenvalue weighted by Crippen LogP contribution is -2.35. The third kappa shape index (κ3) is 2.06. The highest BCUT2D eigenvalue weighted by molar-refractivity contribution is 6.37. The van der Waals surface area contributed by atoms with Crippen molar-refractivity contribution in [1.82, 2.24) is 4.90 Å². The molecule has 1 rings (SSSR count). The summed E-state index contributed by atoms with van der Waals surface area (Å²) in [5.74, 6) is -0.538. The second-order valence-corrected chi connectivity index (χ2v) is 4.46. The van der Waals surface area contributed by atoms with Gasteiger partial charge >= 0.3 is 0 Å². The molecule has 0 aromatic carbocycles. The van der Waals surface area contributed by atoms with E-state index in [9.17, 15) is 9.59 Å². The van der Waals surface area contributed by atoms with Gasteiger partial charge in [-0.1, -0.05) is 20.8 Å². The van der Waals surface area contributed by atoms with Gasteiger partial charge in [0.15, 0.2) is 0 Å². The first-order chi connectivity index (χ1) is 5.40. The molecular weight excluding hydrogens is 154 g/mol. The van der Waals surface area contributed by atoms with Crippen LogP contribution in [-0.2, 0) is 9.59 Å². The standard InChI is InChI=1S/C9H15NO2/c1-9(2,3)6-10-5-4-7(11)8(10)12/h4-6H2,1-3H3. The molecule has 0 aliphatic carbocycles. The van der Waals surface area contributed by atoms with Gasteiger partial charge in [0.2, 0.25) is 5.78 Å². The van der Waals surface area contributed by atoms with Crippen LogP contribution in [0, 0.1) is 5.41 Å². The van der Waals surface area contributed by atoms with Gasteiger partial charge in [-0.05, 0) is 5.41 Å². The van der Waals surface area contributed by atoms with Crippen LogP contribution in [0.15, 0.2) is 0 Å². The minimum atomic E-state index is -0.301. The van der Waals surface area contributed by atoms with Crippen LogP contribution in [0.25, 0.3) is 0 Å². The third-order valence-electron chi connectivity index (χ3n) is 1.80. The zero-order chi connectivity index (χ0) is 9.35. The molecule has 1 fully saturated rings. The first kappa shape index (κ1) is 9.23. The Morgan fingerprint density at radius 2 is 1.92 bits per heavy atom. The Kier molecular flexibility index (Phi) is 2.22. The van der Waals surface area contributed by atoms with Crippen LogP contribution in [0.4, 0.5) is 0 Å². The second-order valence-electron chi connectivity index (χ2n) is 4.46. The van der Waals surface area contributed by atoms with Crippen molar-refractivity contribution in [2.75, 3.05) is 13.1 Å². The number of carbonyl (C=O) groups is 2. The summed E-state index contributed by atoms with van der Waals surface area (Å²) in [6, 6.07) is 0. The van der Waals surface area contributed by atoms with Gasteiger partial charge in [0, 0.05) is 19.5 Å². The molecule has 0 aromatic heterocycles. The highest BCUT2D eigenvalue weighted by atomic mass is 16.2. The number of carbonyl (C=O) groups excluding carboxylic acids is 2. The molecule has 0 radical (unpaired) electrons.